The molecule has 2 heterocycles. The maximum atomic E-state index is 12.3. The van der Waals surface area contributed by atoms with Gasteiger partial charge in [0.25, 0.3) is 11.9 Å². The van der Waals surface area contributed by atoms with Gasteiger partial charge in [-0.1, -0.05) is 29.8 Å². The molecule has 3 rings (SSSR count). The number of aryl methyl sites for hydroxylation is 2. The number of halogens is 1. The van der Waals surface area contributed by atoms with E-state index in [9.17, 15) is 19.7 Å². The Morgan fingerprint density at radius 3 is 2.50 bits per heavy atom. The average Bonchev–Trinajstić information content (AvgIpc) is 3.27. The molecule has 1 aromatic carbocycles. The van der Waals surface area contributed by atoms with Gasteiger partial charge in [0.15, 0.2) is 9.50 Å². The van der Waals surface area contributed by atoms with Gasteiger partial charge in [0.2, 0.25) is 0 Å². The summed E-state index contributed by atoms with van der Waals surface area (Å²) in [6, 6.07) is 5.01. The van der Waals surface area contributed by atoms with Crippen LogP contribution in [0.15, 0.2) is 29.5 Å². The Kier molecular flexibility index (Phi) is 11.8. The predicted molar refractivity (Wildman–Crippen MR) is 142 cm³/mol. The molecule has 1 saturated heterocycles. The molecule has 0 spiro atoms. The van der Waals surface area contributed by atoms with Gasteiger partial charge in [-0.15, -0.1) is 11.3 Å². The highest BCUT2D eigenvalue weighted by Crippen LogP contribution is 2.27. The van der Waals surface area contributed by atoms with E-state index in [1.54, 1.807) is 30.0 Å². The molecule has 0 aliphatic carbocycles. The minimum atomic E-state index is -0.718. The van der Waals surface area contributed by atoms with Crippen LogP contribution in [0.2, 0.25) is 4.47 Å². The van der Waals surface area contributed by atoms with Crippen LogP contribution in [0.5, 0.6) is 0 Å². The summed E-state index contributed by atoms with van der Waals surface area (Å²) in [5.41, 5.74) is 2.57. The molecule has 0 bridgehead atoms. The second-order valence-electron chi connectivity index (χ2n) is 8.21. The highest BCUT2D eigenvalue weighted by Gasteiger charge is 2.30. The summed E-state index contributed by atoms with van der Waals surface area (Å²) >= 11 is 7.05. The van der Waals surface area contributed by atoms with Gasteiger partial charge < -0.3 is 24.0 Å². The van der Waals surface area contributed by atoms with Crippen molar-refractivity contribution in [1.29, 1.82) is 0 Å². The van der Waals surface area contributed by atoms with Crippen LogP contribution in [0.3, 0.4) is 0 Å². The second kappa shape index (κ2) is 14.6. The number of aromatic nitrogens is 1. The van der Waals surface area contributed by atoms with E-state index in [0.717, 1.165) is 21.7 Å². The lowest BCUT2D eigenvalue weighted by molar-refractivity contribution is -0.486. The number of rotatable bonds is 8. The van der Waals surface area contributed by atoms with Crippen LogP contribution in [0, 0.1) is 24.0 Å². The number of hydrogen-bond donors (Lipinski definition) is 0. The van der Waals surface area contributed by atoms with E-state index in [0.29, 0.717) is 11.0 Å². The van der Waals surface area contributed by atoms with Gasteiger partial charge in [0.1, 0.15) is 31.2 Å². The van der Waals surface area contributed by atoms with Crippen molar-refractivity contribution in [3.8, 4) is 0 Å². The number of nitrogens with zero attached hydrogens (tertiary/aromatic N) is 6. The van der Waals surface area contributed by atoms with Crippen LogP contribution >= 0.6 is 22.9 Å². The Morgan fingerprint density at radius 1 is 1.32 bits per heavy atom. The molecule has 38 heavy (non-hydrogen) atoms. The molecule has 1 aromatic heterocycles. The SMILES string of the molecule is CN1COCN(Cc2cnc(Cl)s2)/C1=N/[N+](=O)[O-].COCC(=O)N(c1c(C)cccc1C)[C@H](C)C(=O)OC. The van der Waals surface area contributed by atoms with Crippen molar-refractivity contribution in [2.45, 2.75) is 33.4 Å². The Hall–Kier alpha value is -3.33. The summed E-state index contributed by atoms with van der Waals surface area (Å²) in [7, 11) is 4.43. The predicted octanol–water partition coefficient (Wildman–Crippen LogP) is 2.87. The molecule has 2 aromatic rings. The van der Waals surface area contributed by atoms with Crippen LogP contribution in [-0.4, -0.2) is 85.0 Å². The van der Waals surface area contributed by atoms with Crippen LogP contribution in [-0.2, 0) is 30.3 Å². The number of thiazole rings is 1. The molecule has 0 saturated carbocycles. The lowest BCUT2D eigenvalue weighted by Gasteiger charge is -2.34. The Morgan fingerprint density at radius 2 is 1.97 bits per heavy atom. The van der Waals surface area contributed by atoms with E-state index < -0.39 is 17.0 Å². The van der Waals surface area contributed by atoms with Crippen LogP contribution < -0.4 is 4.90 Å². The van der Waals surface area contributed by atoms with Gasteiger partial charge >= 0.3 is 5.97 Å². The Balaban J connectivity index is 0.000000268. The zero-order valence-corrected chi connectivity index (χ0v) is 23.6. The summed E-state index contributed by atoms with van der Waals surface area (Å²) in [6.07, 6.45) is 1.63. The van der Waals surface area contributed by atoms with E-state index >= 15 is 0 Å². The highest BCUT2D eigenvalue weighted by molar-refractivity contribution is 7.15. The van der Waals surface area contributed by atoms with Gasteiger partial charge in [-0.25, -0.2) is 19.9 Å². The zero-order valence-electron chi connectivity index (χ0n) is 22.0. The minimum Gasteiger partial charge on any atom is -0.467 e. The molecule has 13 nitrogen and oxygen atoms in total. The molecular weight excluding hydrogens is 540 g/mol. The summed E-state index contributed by atoms with van der Waals surface area (Å²) in [4.78, 5) is 44.1. The largest absolute Gasteiger partial charge is 0.467 e. The number of carbonyl (C=O) groups excluding carboxylic acids is 2. The average molecular weight is 571 g/mol. The third kappa shape index (κ3) is 8.34. The number of benzene rings is 1. The van der Waals surface area contributed by atoms with E-state index in [1.807, 2.05) is 32.0 Å². The van der Waals surface area contributed by atoms with Gasteiger partial charge in [0, 0.05) is 25.2 Å². The second-order valence-corrected chi connectivity index (χ2v) is 9.91. The number of ether oxygens (including phenoxy) is 3. The maximum Gasteiger partial charge on any atom is 0.328 e. The van der Waals surface area contributed by atoms with Gasteiger partial charge in [-0.3, -0.25) is 9.69 Å². The molecule has 1 aliphatic heterocycles. The monoisotopic (exact) mass is 570 g/mol. The lowest BCUT2D eigenvalue weighted by atomic mass is 10.1. The number of nitro groups is 1. The summed E-state index contributed by atoms with van der Waals surface area (Å²) in [5, 5.41) is 13.2. The summed E-state index contributed by atoms with van der Waals surface area (Å²) < 4.78 is 15.4. The number of anilines is 1. The number of amides is 1. The summed E-state index contributed by atoms with van der Waals surface area (Å²) in [6.45, 7) is 6.29. The normalized spacial score (nSPS) is 15.0. The molecule has 0 unspecified atom stereocenters. The molecular formula is C23H31ClN6O7S. The van der Waals surface area contributed by atoms with E-state index in [-0.39, 0.29) is 31.9 Å². The van der Waals surface area contributed by atoms with Crippen molar-refractivity contribution in [2.75, 3.05) is 46.2 Å². The number of hydrogen-bond acceptors (Lipinski definition) is 9. The Labute approximate surface area is 229 Å². The third-order valence-electron chi connectivity index (χ3n) is 5.35. The fourth-order valence-corrected chi connectivity index (χ4v) is 4.70. The number of guanidine groups is 1. The summed E-state index contributed by atoms with van der Waals surface area (Å²) in [5.74, 6) is -0.476. The fraction of sp³-hybridized carbons (Fsp3) is 0.478. The van der Waals surface area contributed by atoms with E-state index in [1.165, 1.54) is 30.5 Å². The first-order valence-electron chi connectivity index (χ1n) is 11.3. The number of para-hydroxylation sites is 1. The van der Waals surface area contributed by atoms with Crippen molar-refractivity contribution in [3.63, 3.8) is 0 Å². The maximum absolute atomic E-state index is 12.3. The van der Waals surface area contributed by atoms with Crippen molar-refractivity contribution in [2.24, 2.45) is 5.10 Å². The number of hydrazone groups is 1. The third-order valence-corrected chi connectivity index (χ3v) is 6.45. The van der Waals surface area contributed by atoms with Crippen molar-refractivity contribution in [1.82, 2.24) is 14.8 Å². The first-order valence-corrected chi connectivity index (χ1v) is 12.5. The van der Waals surface area contributed by atoms with Crippen molar-refractivity contribution >= 4 is 46.5 Å². The minimum absolute atomic E-state index is 0.0882. The first-order chi connectivity index (χ1) is 18.0. The van der Waals surface area contributed by atoms with E-state index in [2.05, 4.69) is 10.1 Å². The van der Waals surface area contributed by atoms with Crippen LogP contribution in [0.4, 0.5) is 5.69 Å². The number of carbonyl (C=O) groups is 2. The van der Waals surface area contributed by atoms with Crippen molar-refractivity contribution in [3.05, 3.63) is 55.0 Å². The quantitative estimate of drug-likeness (QED) is 0.264. The smallest absolute Gasteiger partial charge is 0.328 e. The molecule has 0 radical (unpaired) electrons. The molecule has 15 heteroatoms. The number of esters is 1. The lowest BCUT2D eigenvalue weighted by Crippen LogP contribution is -2.49. The molecule has 208 valence electrons. The number of methoxy groups -OCH3 is 2. The standard InChI is InChI=1S/C15H21NO4.C8H10ClN5O3S/c1-10-7-6-8-11(2)14(10)16(13(17)9-19-4)12(3)15(18)20-5;1-12-4-17-5-13(8(12)11-14(15)16)3-6-2-10-7(9)18-6/h6-8,12H,9H2,1-5H3;2H,3-5H2,1H3/b;11-8+/t12-;/m1./s1. The Bertz CT molecular complexity index is 1140. The van der Waals surface area contributed by atoms with Gasteiger partial charge in [-0.2, -0.15) is 0 Å². The first kappa shape index (κ1) is 30.9. The van der Waals surface area contributed by atoms with E-state index in [4.69, 9.17) is 25.8 Å². The molecule has 1 amide bonds. The molecule has 1 aliphatic rings. The fourth-order valence-electron chi connectivity index (χ4n) is 3.71. The van der Waals surface area contributed by atoms with Crippen LogP contribution in [0.25, 0.3) is 0 Å². The van der Waals surface area contributed by atoms with Gasteiger partial charge in [0.05, 0.1) is 19.3 Å². The zero-order chi connectivity index (χ0) is 28.4. The topological polar surface area (TPSA) is 140 Å². The molecule has 1 fully saturated rings. The highest BCUT2D eigenvalue weighted by atomic mass is 35.5. The van der Waals surface area contributed by atoms with Gasteiger partial charge in [-0.05, 0) is 31.9 Å². The molecule has 0 N–H and O–H groups in total. The van der Waals surface area contributed by atoms with Crippen LogP contribution in [0.1, 0.15) is 22.9 Å². The molecule has 1 atom stereocenters. The van der Waals surface area contributed by atoms with Crippen molar-refractivity contribution < 1.29 is 28.8 Å².